The zero-order chi connectivity index (χ0) is 25.4. The summed E-state index contributed by atoms with van der Waals surface area (Å²) in [7, 11) is 0. The van der Waals surface area contributed by atoms with Gasteiger partial charge >= 0.3 is 17.1 Å². The highest BCUT2D eigenvalue weighted by Crippen LogP contribution is 2.24. The van der Waals surface area contributed by atoms with Crippen LogP contribution in [0.15, 0.2) is 52.3 Å². The van der Waals surface area contributed by atoms with Gasteiger partial charge in [0.25, 0.3) is 0 Å². The number of rotatable bonds is 15. The molecule has 1 aromatic heterocycles. The van der Waals surface area contributed by atoms with Gasteiger partial charge in [0.15, 0.2) is 0 Å². The summed E-state index contributed by atoms with van der Waals surface area (Å²) >= 11 is 0. The topological polar surface area (TPSA) is 66.0 Å². The van der Waals surface area contributed by atoms with E-state index in [0.29, 0.717) is 19.3 Å². The van der Waals surface area contributed by atoms with Gasteiger partial charge in [-0.1, -0.05) is 59.8 Å². The van der Waals surface area contributed by atoms with E-state index in [4.69, 9.17) is 0 Å². The molecule has 0 radical (unpaired) electrons. The predicted molar refractivity (Wildman–Crippen MR) is 139 cm³/mol. The van der Waals surface area contributed by atoms with E-state index in [0.717, 1.165) is 19.3 Å². The summed E-state index contributed by atoms with van der Waals surface area (Å²) < 4.78 is 3.70. The summed E-state index contributed by atoms with van der Waals surface area (Å²) in [5.74, 6) is 0. The fourth-order valence-electron chi connectivity index (χ4n) is 3.64. The van der Waals surface area contributed by atoms with Crippen molar-refractivity contribution in [2.24, 2.45) is 16.2 Å². The lowest BCUT2D eigenvalue weighted by molar-refractivity contribution is 0.353. The quantitative estimate of drug-likeness (QED) is 0.341. The minimum absolute atomic E-state index is 0.0797. The Balaban J connectivity index is 3.29. The standard InChI is InChI=1S/C27H45N3O3/c1-10-25(4,5)16-13-19-28-22(31)29(20-14-17-26(6,7)11-2)24(33)30(23(28)32)21-15-18-27(8,9)12-3/h10-12H,1-3,13-21H2,4-9H3. The summed E-state index contributed by atoms with van der Waals surface area (Å²) in [5, 5.41) is 0. The van der Waals surface area contributed by atoms with Gasteiger partial charge in [-0.2, -0.15) is 0 Å². The van der Waals surface area contributed by atoms with E-state index in [1.54, 1.807) is 0 Å². The lowest BCUT2D eigenvalue weighted by Crippen LogP contribution is -2.54. The number of aromatic nitrogens is 3. The van der Waals surface area contributed by atoms with E-state index in [1.807, 2.05) is 18.2 Å². The first-order valence-electron chi connectivity index (χ1n) is 12.1. The number of hydrogen-bond donors (Lipinski definition) is 0. The molecule has 0 spiro atoms. The van der Waals surface area contributed by atoms with E-state index >= 15 is 0 Å². The highest BCUT2D eigenvalue weighted by molar-refractivity contribution is 4.90. The Bertz CT molecular complexity index is 844. The average Bonchev–Trinajstić information content (AvgIpc) is 2.75. The third kappa shape index (κ3) is 8.49. The second-order valence-corrected chi connectivity index (χ2v) is 11.2. The van der Waals surface area contributed by atoms with Crippen LogP contribution >= 0.6 is 0 Å². The molecule has 0 unspecified atom stereocenters. The predicted octanol–water partition coefficient (Wildman–Crippen LogP) is 5.15. The molecule has 0 aromatic carbocycles. The summed E-state index contributed by atoms with van der Waals surface area (Å²) in [6.45, 7) is 24.9. The summed E-state index contributed by atoms with van der Waals surface area (Å²) in [4.78, 5) is 39.5. The lowest BCUT2D eigenvalue weighted by atomic mass is 9.88. The molecule has 0 saturated carbocycles. The van der Waals surface area contributed by atoms with E-state index in [9.17, 15) is 14.4 Å². The maximum Gasteiger partial charge on any atom is 0.336 e. The summed E-state index contributed by atoms with van der Waals surface area (Å²) in [5.41, 5.74) is -1.78. The van der Waals surface area contributed by atoms with Gasteiger partial charge in [-0.15, -0.1) is 19.7 Å². The van der Waals surface area contributed by atoms with Gasteiger partial charge in [0.05, 0.1) is 0 Å². The van der Waals surface area contributed by atoms with Crippen LogP contribution in [0.5, 0.6) is 0 Å². The molecule has 186 valence electrons. The summed E-state index contributed by atoms with van der Waals surface area (Å²) in [6.07, 6.45) is 10.00. The number of hydrogen-bond acceptors (Lipinski definition) is 3. The zero-order valence-corrected chi connectivity index (χ0v) is 21.8. The first-order chi connectivity index (χ1) is 15.2. The Labute approximate surface area is 199 Å². The van der Waals surface area contributed by atoms with Crippen molar-refractivity contribution in [3.8, 4) is 0 Å². The van der Waals surface area contributed by atoms with E-state index in [1.165, 1.54) is 13.7 Å². The third-order valence-corrected chi connectivity index (χ3v) is 6.65. The molecule has 0 N–H and O–H groups in total. The lowest BCUT2D eigenvalue weighted by Gasteiger charge is -2.22. The van der Waals surface area contributed by atoms with Crippen molar-refractivity contribution in [2.45, 2.75) is 99.7 Å². The molecular formula is C27H45N3O3. The molecule has 0 fully saturated rings. The maximum absolute atomic E-state index is 13.2. The summed E-state index contributed by atoms with van der Waals surface area (Å²) in [6, 6.07) is 0. The molecular weight excluding hydrogens is 414 g/mol. The zero-order valence-electron chi connectivity index (χ0n) is 21.8. The van der Waals surface area contributed by atoms with Crippen LogP contribution in [0.25, 0.3) is 0 Å². The third-order valence-electron chi connectivity index (χ3n) is 6.65. The smallest absolute Gasteiger partial charge is 0.247 e. The first kappa shape index (κ1) is 28.7. The molecule has 0 amide bonds. The Kier molecular flexibility index (Phi) is 10.1. The molecule has 6 nitrogen and oxygen atoms in total. The number of allylic oxidation sites excluding steroid dienone is 3. The normalized spacial score (nSPS) is 12.5. The largest absolute Gasteiger partial charge is 0.336 e. The van der Waals surface area contributed by atoms with Gasteiger partial charge in [0, 0.05) is 19.6 Å². The Morgan fingerprint density at radius 2 is 0.758 bits per heavy atom. The van der Waals surface area contributed by atoms with Crippen molar-refractivity contribution >= 4 is 0 Å². The van der Waals surface area contributed by atoms with Crippen LogP contribution < -0.4 is 17.1 Å². The molecule has 0 aliphatic carbocycles. The van der Waals surface area contributed by atoms with Crippen LogP contribution in [0.3, 0.4) is 0 Å². The molecule has 0 bridgehead atoms. The van der Waals surface area contributed by atoms with Gasteiger partial charge in [0.2, 0.25) is 0 Å². The minimum atomic E-state index is -0.513. The Morgan fingerprint density at radius 3 is 0.939 bits per heavy atom. The van der Waals surface area contributed by atoms with Crippen LogP contribution in [0.4, 0.5) is 0 Å². The van der Waals surface area contributed by atoms with E-state index < -0.39 is 17.1 Å². The number of nitrogens with zero attached hydrogens (tertiary/aromatic N) is 3. The van der Waals surface area contributed by atoms with Crippen LogP contribution in [-0.4, -0.2) is 13.7 Å². The molecule has 6 heteroatoms. The van der Waals surface area contributed by atoms with E-state index in [-0.39, 0.29) is 35.9 Å². The Hall–Kier alpha value is -2.37. The van der Waals surface area contributed by atoms with Crippen molar-refractivity contribution in [1.29, 1.82) is 0 Å². The highest BCUT2D eigenvalue weighted by atomic mass is 16.2. The molecule has 0 saturated heterocycles. The van der Waals surface area contributed by atoms with Gasteiger partial charge in [-0.05, 0) is 54.8 Å². The molecule has 0 aliphatic rings. The van der Waals surface area contributed by atoms with E-state index in [2.05, 4.69) is 61.3 Å². The monoisotopic (exact) mass is 459 g/mol. The second-order valence-electron chi connectivity index (χ2n) is 11.2. The van der Waals surface area contributed by atoms with Gasteiger partial charge in [-0.3, -0.25) is 0 Å². The van der Waals surface area contributed by atoms with Crippen molar-refractivity contribution in [3.63, 3.8) is 0 Å². The molecule has 0 atom stereocenters. The Morgan fingerprint density at radius 1 is 0.545 bits per heavy atom. The maximum atomic E-state index is 13.2. The van der Waals surface area contributed by atoms with Crippen molar-refractivity contribution < 1.29 is 0 Å². The van der Waals surface area contributed by atoms with Crippen molar-refractivity contribution in [3.05, 3.63) is 69.4 Å². The average molecular weight is 460 g/mol. The molecule has 1 aromatic rings. The van der Waals surface area contributed by atoms with Gasteiger partial charge < -0.3 is 0 Å². The molecule has 33 heavy (non-hydrogen) atoms. The fraction of sp³-hybridized carbons (Fsp3) is 0.667. The minimum Gasteiger partial charge on any atom is -0.247 e. The molecule has 1 rings (SSSR count). The molecule has 0 aliphatic heterocycles. The first-order valence-corrected chi connectivity index (χ1v) is 12.1. The van der Waals surface area contributed by atoms with Gasteiger partial charge in [-0.25, -0.2) is 28.1 Å². The fourth-order valence-corrected chi connectivity index (χ4v) is 3.64. The van der Waals surface area contributed by atoms with Crippen LogP contribution in [0.1, 0.15) is 80.1 Å². The van der Waals surface area contributed by atoms with Crippen molar-refractivity contribution in [1.82, 2.24) is 13.7 Å². The second kappa shape index (κ2) is 11.7. The highest BCUT2D eigenvalue weighted by Gasteiger charge is 2.20. The molecule has 1 heterocycles. The van der Waals surface area contributed by atoms with Crippen LogP contribution in [0.2, 0.25) is 0 Å². The van der Waals surface area contributed by atoms with Crippen LogP contribution in [-0.2, 0) is 19.6 Å². The van der Waals surface area contributed by atoms with Crippen molar-refractivity contribution in [2.75, 3.05) is 0 Å². The SMILES string of the molecule is C=CC(C)(C)CCCn1c(=O)n(CCCC(C)(C)C=C)c(=O)n(CCCC(C)(C)C=C)c1=O. The van der Waals surface area contributed by atoms with Gasteiger partial charge in [0.1, 0.15) is 0 Å². The van der Waals surface area contributed by atoms with Crippen LogP contribution in [0, 0.1) is 16.2 Å².